The summed E-state index contributed by atoms with van der Waals surface area (Å²) in [4.78, 5) is 26.7. The van der Waals surface area contributed by atoms with E-state index in [0.29, 0.717) is 19.0 Å². The molecule has 0 aromatic heterocycles. The van der Waals surface area contributed by atoms with Gasteiger partial charge in [0.15, 0.2) is 0 Å². The number of hydrogen-bond donors (Lipinski definition) is 0. The van der Waals surface area contributed by atoms with Crippen molar-refractivity contribution in [3.05, 3.63) is 35.9 Å². The topological polar surface area (TPSA) is 62.2 Å². The molecule has 1 aromatic rings. The van der Waals surface area contributed by atoms with Crippen molar-refractivity contribution >= 4 is 17.5 Å². The highest BCUT2D eigenvalue weighted by Crippen LogP contribution is 2.17. The predicted octanol–water partition coefficient (Wildman–Crippen LogP) is 2.29. The summed E-state index contributed by atoms with van der Waals surface area (Å²) < 4.78 is 5.38. The van der Waals surface area contributed by atoms with Crippen LogP contribution in [0.2, 0.25) is 0 Å². The summed E-state index contributed by atoms with van der Waals surface area (Å²) in [7, 11) is 0. The van der Waals surface area contributed by atoms with Gasteiger partial charge in [0.1, 0.15) is 0 Å². The molecule has 26 heavy (non-hydrogen) atoms. The molecule has 3 rings (SSSR count). The van der Waals surface area contributed by atoms with E-state index in [1.807, 2.05) is 42.2 Å². The Labute approximate surface area is 154 Å². The number of benzene rings is 1. The highest BCUT2D eigenvalue weighted by atomic mass is 16.5. The van der Waals surface area contributed by atoms with Gasteiger partial charge in [-0.15, -0.1) is 0 Å². The van der Waals surface area contributed by atoms with Gasteiger partial charge in [-0.3, -0.25) is 9.59 Å². The number of carbonyl (C=O) groups excluding carboxylic acids is 2. The number of carbonyl (C=O) groups is 2. The summed E-state index contributed by atoms with van der Waals surface area (Å²) in [6.07, 6.45) is 2.22. The third-order valence-electron chi connectivity index (χ3n) is 4.99. The van der Waals surface area contributed by atoms with E-state index in [0.717, 1.165) is 43.9 Å². The van der Waals surface area contributed by atoms with Crippen LogP contribution in [0.1, 0.15) is 38.2 Å². The summed E-state index contributed by atoms with van der Waals surface area (Å²) in [5, 5.41) is 5.95. The van der Waals surface area contributed by atoms with E-state index < -0.39 is 0 Å². The largest absolute Gasteiger partial charge is 0.381 e. The van der Waals surface area contributed by atoms with E-state index in [-0.39, 0.29) is 24.7 Å². The Kier molecular flexibility index (Phi) is 6.39. The molecule has 6 heteroatoms. The summed E-state index contributed by atoms with van der Waals surface area (Å²) in [6, 6.07) is 9.90. The fraction of sp³-hybridized carbons (Fsp3) is 0.550. The molecular formula is C20H27N3O3. The molecule has 0 aliphatic carbocycles. The predicted molar refractivity (Wildman–Crippen MR) is 99.7 cm³/mol. The zero-order valence-electron chi connectivity index (χ0n) is 15.4. The van der Waals surface area contributed by atoms with Crippen LogP contribution in [0, 0.1) is 5.92 Å². The third-order valence-corrected chi connectivity index (χ3v) is 4.99. The molecule has 1 aromatic carbocycles. The number of nitrogens with zero attached hydrogens (tertiary/aromatic N) is 3. The zero-order chi connectivity index (χ0) is 18.4. The van der Waals surface area contributed by atoms with E-state index >= 15 is 0 Å². The molecule has 1 atom stereocenters. The van der Waals surface area contributed by atoms with Gasteiger partial charge in [0, 0.05) is 44.9 Å². The van der Waals surface area contributed by atoms with Crippen molar-refractivity contribution in [2.75, 3.05) is 32.8 Å². The number of amides is 2. The number of rotatable bonds is 7. The molecule has 2 aliphatic rings. The lowest BCUT2D eigenvalue weighted by atomic mass is 10.1. The van der Waals surface area contributed by atoms with Crippen molar-refractivity contribution in [2.45, 2.75) is 32.6 Å². The summed E-state index contributed by atoms with van der Waals surface area (Å²) in [5.41, 5.74) is 1.98. The molecule has 2 amide bonds. The number of hydrazone groups is 1. The molecule has 0 bridgehead atoms. The molecule has 140 valence electrons. The van der Waals surface area contributed by atoms with Crippen molar-refractivity contribution in [2.24, 2.45) is 11.0 Å². The maximum absolute atomic E-state index is 12.4. The Balaban J connectivity index is 1.48. The van der Waals surface area contributed by atoms with Crippen LogP contribution in [-0.2, 0) is 14.3 Å². The van der Waals surface area contributed by atoms with Crippen molar-refractivity contribution in [1.29, 1.82) is 0 Å². The minimum atomic E-state index is -0.0791. The average molecular weight is 357 g/mol. The van der Waals surface area contributed by atoms with Crippen molar-refractivity contribution in [1.82, 2.24) is 9.91 Å². The molecule has 0 saturated carbocycles. The van der Waals surface area contributed by atoms with E-state index in [4.69, 9.17) is 4.74 Å². The van der Waals surface area contributed by atoms with Crippen LogP contribution in [0.4, 0.5) is 0 Å². The van der Waals surface area contributed by atoms with Crippen molar-refractivity contribution in [3.63, 3.8) is 0 Å². The molecule has 0 spiro atoms. The molecule has 1 unspecified atom stereocenters. The van der Waals surface area contributed by atoms with Crippen LogP contribution in [0.5, 0.6) is 0 Å². The zero-order valence-corrected chi connectivity index (χ0v) is 15.4. The van der Waals surface area contributed by atoms with Crippen molar-refractivity contribution in [3.8, 4) is 0 Å². The fourth-order valence-corrected chi connectivity index (χ4v) is 3.42. The van der Waals surface area contributed by atoms with Gasteiger partial charge >= 0.3 is 0 Å². The Morgan fingerprint density at radius 2 is 2.08 bits per heavy atom. The van der Waals surface area contributed by atoms with Crippen LogP contribution in [0.15, 0.2) is 35.4 Å². The van der Waals surface area contributed by atoms with Gasteiger partial charge in [0.25, 0.3) is 0 Å². The number of hydrogen-bond acceptors (Lipinski definition) is 4. The normalized spacial score (nSPS) is 19.5. The van der Waals surface area contributed by atoms with Gasteiger partial charge in [0.05, 0.1) is 18.9 Å². The number of ether oxygens (including phenoxy) is 1. The monoisotopic (exact) mass is 357 g/mol. The lowest BCUT2D eigenvalue weighted by Crippen LogP contribution is -2.36. The molecule has 1 saturated heterocycles. The Bertz CT molecular complexity index is 654. The average Bonchev–Trinajstić information content (AvgIpc) is 3.36. The summed E-state index contributed by atoms with van der Waals surface area (Å²) in [6.45, 7) is 5.48. The summed E-state index contributed by atoms with van der Waals surface area (Å²) in [5.74, 6) is 0.384. The minimum absolute atomic E-state index is 0.0409. The molecule has 2 aliphatic heterocycles. The summed E-state index contributed by atoms with van der Waals surface area (Å²) >= 11 is 0. The highest BCUT2D eigenvalue weighted by molar-refractivity contribution is 6.02. The molecular weight excluding hydrogens is 330 g/mol. The van der Waals surface area contributed by atoms with Gasteiger partial charge in [-0.2, -0.15) is 5.10 Å². The maximum atomic E-state index is 12.4. The van der Waals surface area contributed by atoms with Crippen LogP contribution < -0.4 is 0 Å². The van der Waals surface area contributed by atoms with Gasteiger partial charge in [0.2, 0.25) is 11.8 Å². The maximum Gasteiger partial charge on any atom is 0.243 e. The Morgan fingerprint density at radius 3 is 2.77 bits per heavy atom. The van der Waals surface area contributed by atoms with Crippen LogP contribution in [0.3, 0.4) is 0 Å². The lowest BCUT2D eigenvalue weighted by molar-refractivity contribution is -0.137. The first-order valence-electron chi connectivity index (χ1n) is 9.46. The first-order valence-corrected chi connectivity index (χ1v) is 9.46. The molecule has 1 fully saturated rings. The van der Waals surface area contributed by atoms with Gasteiger partial charge in [-0.05, 0) is 18.9 Å². The molecule has 0 N–H and O–H groups in total. The Hall–Kier alpha value is -2.21. The second-order valence-corrected chi connectivity index (χ2v) is 6.84. The second kappa shape index (κ2) is 8.94. The minimum Gasteiger partial charge on any atom is -0.381 e. The SMILES string of the molecule is CCN(CC1CCOC1)C(=O)CCC(=O)N1CCC(c2ccccc2)=N1. The lowest BCUT2D eigenvalue weighted by Gasteiger charge is -2.24. The molecule has 0 radical (unpaired) electrons. The van der Waals surface area contributed by atoms with Crippen LogP contribution in [-0.4, -0.2) is 60.3 Å². The first-order chi connectivity index (χ1) is 12.7. The Morgan fingerprint density at radius 1 is 1.27 bits per heavy atom. The second-order valence-electron chi connectivity index (χ2n) is 6.84. The van der Waals surface area contributed by atoms with Gasteiger partial charge < -0.3 is 9.64 Å². The van der Waals surface area contributed by atoms with Crippen LogP contribution >= 0.6 is 0 Å². The fourth-order valence-electron chi connectivity index (χ4n) is 3.42. The highest BCUT2D eigenvalue weighted by Gasteiger charge is 2.24. The van der Waals surface area contributed by atoms with Gasteiger partial charge in [-0.1, -0.05) is 30.3 Å². The van der Waals surface area contributed by atoms with Crippen molar-refractivity contribution < 1.29 is 14.3 Å². The van der Waals surface area contributed by atoms with E-state index in [1.165, 1.54) is 5.01 Å². The van der Waals surface area contributed by atoms with Gasteiger partial charge in [-0.25, -0.2) is 5.01 Å². The first kappa shape index (κ1) is 18.6. The molecule has 2 heterocycles. The quantitative estimate of drug-likeness (QED) is 0.752. The molecule has 6 nitrogen and oxygen atoms in total. The third kappa shape index (κ3) is 4.69. The smallest absolute Gasteiger partial charge is 0.243 e. The standard InChI is InChI=1S/C20H27N3O3/c1-2-22(14-16-11-13-26-15-16)19(24)8-9-20(25)23-12-10-18(21-23)17-6-4-3-5-7-17/h3-7,16H,2,8-15H2,1H3. The van der Waals surface area contributed by atoms with E-state index in [9.17, 15) is 9.59 Å². The van der Waals surface area contributed by atoms with E-state index in [1.54, 1.807) is 0 Å². The van der Waals surface area contributed by atoms with Crippen LogP contribution in [0.25, 0.3) is 0 Å². The van der Waals surface area contributed by atoms with E-state index in [2.05, 4.69) is 5.10 Å².